The Labute approximate surface area is 172 Å². The quantitative estimate of drug-likeness (QED) is 0.749. The molecule has 1 unspecified atom stereocenters. The molecule has 29 heavy (non-hydrogen) atoms. The highest BCUT2D eigenvalue weighted by atomic mass is 32.2. The number of carbonyl (C=O) groups is 1. The number of rotatable bonds is 7. The summed E-state index contributed by atoms with van der Waals surface area (Å²) in [4.78, 5) is 12.6. The van der Waals surface area contributed by atoms with Crippen molar-refractivity contribution in [3.63, 3.8) is 0 Å². The number of ether oxygens (including phenoxy) is 1. The molecule has 154 valence electrons. The van der Waals surface area contributed by atoms with E-state index in [0.29, 0.717) is 5.56 Å². The Hall–Kier alpha value is -2.69. The van der Waals surface area contributed by atoms with Crippen molar-refractivity contribution in [2.75, 3.05) is 19.5 Å². The maximum absolute atomic E-state index is 12.5. The number of amides is 1. The van der Waals surface area contributed by atoms with Crippen molar-refractivity contribution in [3.8, 4) is 6.07 Å². The standard InChI is InChI=1S/C22H26N2O4S/c1-22(2,3)18-9-5-16(6-10-18)20(15-23)24-21(25)17-7-11-19(12-8-17)29(26,27)14-13-28-4/h5-12,20H,13-14H2,1-4H3,(H,24,25). The molecule has 2 aromatic rings. The number of methoxy groups -OCH3 is 1. The summed E-state index contributed by atoms with van der Waals surface area (Å²) in [7, 11) is -2.03. The summed E-state index contributed by atoms with van der Waals surface area (Å²) in [6, 6.07) is 14.5. The zero-order chi connectivity index (χ0) is 21.7. The van der Waals surface area contributed by atoms with Crippen LogP contribution in [0, 0.1) is 11.3 Å². The number of benzene rings is 2. The molecule has 0 aliphatic rings. The van der Waals surface area contributed by atoms with Crippen LogP contribution < -0.4 is 5.32 Å². The molecule has 7 heteroatoms. The SMILES string of the molecule is COCCS(=O)(=O)c1ccc(C(=O)NC(C#N)c2ccc(C(C)(C)C)cc2)cc1. The zero-order valence-electron chi connectivity index (χ0n) is 17.1. The van der Waals surface area contributed by atoms with Crippen LogP contribution in [0.25, 0.3) is 0 Å². The molecule has 2 aromatic carbocycles. The predicted octanol–water partition coefficient (Wildman–Crippen LogP) is 3.40. The van der Waals surface area contributed by atoms with E-state index in [-0.39, 0.29) is 28.2 Å². The molecular formula is C22H26N2O4S. The van der Waals surface area contributed by atoms with Gasteiger partial charge in [-0.15, -0.1) is 0 Å². The first kappa shape index (κ1) is 22.6. The highest BCUT2D eigenvalue weighted by molar-refractivity contribution is 7.91. The number of nitriles is 1. The van der Waals surface area contributed by atoms with E-state index < -0.39 is 21.8 Å². The van der Waals surface area contributed by atoms with Crippen LogP contribution >= 0.6 is 0 Å². The van der Waals surface area contributed by atoms with Crippen molar-refractivity contribution in [2.24, 2.45) is 0 Å². The first-order chi connectivity index (χ1) is 13.6. The van der Waals surface area contributed by atoms with E-state index in [2.05, 4.69) is 32.2 Å². The van der Waals surface area contributed by atoms with Crippen molar-refractivity contribution in [3.05, 3.63) is 65.2 Å². The van der Waals surface area contributed by atoms with E-state index in [1.807, 2.05) is 24.3 Å². The van der Waals surface area contributed by atoms with E-state index in [4.69, 9.17) is 4.74 Å². The maximum atomic E-state index is 12.5. The minimum atomic E-state index is -3.46. The normalized spacial score (nSPS) is 12.8. The second kappa shape index (κ2) is 9.21. The van der Waals surface area contributed by atoms with Crippen LogP contribution in [0.4, 0.5) is 0 Å². The summed E-state index contributed by atoms with van der Waals surface area (Å²) in [6.07, 6.45) is 0. The largest absolute Gasteiger partial charge is 0.384 e. The van der Waals surface area contributed by atoms with E-state index in [1.54, 1.807) is 0 Å². The van der Waals surface area contributed by atoms with Crippen LogP contribution in [-0.4, -0.2) is 33.8 Å². The van der Waals surface area contributed by atoms with Crippen molar-refractivity contribution < 1.29 is 17.9 Å². The average Bonchev–Trinajstić information content (AvgIpc) is 2.70. The van der Waals surface area contributed by atoms with Crippen molar-refractivity contribution >= 4 is 15.7 Å². The number of carbonyl (C=O) groups excluding carboxylic acids is 1. The fourth-order valence-corrected chi connectivity index (χ4v) is 3.88. The number of sulfone groups is 1. The molecule has 0 aliphatic heterocycles. The molecule has 1 amide bonds. The van der Waals surface area contributed by atoms with Crippen LogP contribution in [0.5, 0.6) is 0 Å². The summed E-state index contributed by atoms with van der Waals surface area (Å²) in [5, 5.41) is 12.2. The molecule has 0 saturated heterocycles. The fraction of sp³-hybridized carbons (Fsp3) is 0.364. The summed E-state index contributed by atoms with van der Waals surface area (Å²) in [5.74, 6) is -0.576. The molecule has 1 N–H and O–H groups in total. The number of nitrogens with zero attached hydrogens (tertiary/aromatic N) is 1. The van der Waals surface area contributed by atoms with Crippen LogP contribution in [0.1, 0.15) is 48.3 Å². The third-order valence-corrected chi connectivity index (χ3v) is 6.24. The molecule has 0 aromatic heterocycles. The lowest BCUT2D eigenvalue weighted by molar-refractivity contribution is 0.0945. The smallest absolute Gasteiger partial charge is 0.252 e. The minimum Gasteiger partial charge on any atom is -0.384 e. The van der Waals surface area contributed by atoms with Gasteiger partial charge in [0, 0.05) is 12.7 Å². The van der Waals surface area contributed by atoms with Crippen molar-refractivity contribution in [1.82, 2.24) is 5.32 Å². The molecule has 6 nitrogen and oxygen atoms in total. The zero-order valence-corrected chi connectivity index (χ0v) is 17.9. The highest BCUT2D eigenvalue weighted by Crippen LogP contribution is 2.24. The van der Waals surface area contributed by atoms with Gasteiger partial charge in [0.05, 0.1) is 23.3 Å². The van der Waals surface area contributed by atoms with E-state index in [9.17, 15) is 18.5 Å². The summed E-state index contributed by atoms with van der Waals surface area (Å²) >= 11 is 0. The van der Waals surface area contributed by atoms with Gasteiger partial charge >= 0.3 is 0 Å². The fourth-order valence-electron chi connectivity index (χ4n) is 2.70. The van der Waals surface area contributed by atoms with Gasteiger partial charge in [-0.1, -0.05) is 45.0 Å². The highest BCUT2D eigenvalue weighted by Gasteiger charge is 2.19. The molecule has 0 fully saturated rings. The van der Waals surface area contributed by atoms with Gasteiger partial charge < -0.3 is 10.1 Å². The Morgan fingerprint density at radius 3 is 2.17 bits per heavy atom. The van der Waals surface area contributed by atoms with Gasteiger partial charge in [-0.05, 0) is 40.8 Å². The Balaban J connectivity index is 2.13. The molecule has 2 rings (SSSR count). The maximum Gasteiger partial charge on any atom is 0.252 e. The summed E-state index contributed by atoms with van der Waals surface area (Å²) in [5.41, 5.74) is 2.10. The third kappa shape index (κ3) is 5.89. The Kier molecular flexibility index (Phi) is 7.17. The molecule has 0 saturated carbocycles. The van der Waals surface area contributed by atoms with Gasteiger partial charge in [0.1, 0.15) is 6.04 Å². The van der Waals surface area contributed by atoms with Gasteiger partial charge in [-0.3, -0.25) is 4.79 Å². The van der Waals surface area contributed by atoms with Crippen LogP contribution in [-0.2, 0) is 20.0 Å². The lowest BCUT2D eigenvalue weighted by Crippen LogP contribution is -2.27. The Bertz CT molecular complexity index is 983. The molecule has 0 bridgehead atoms. The summed E-state index contributed by atoms with van der Waals surface area (Å²) < 4.78 is 29.1. The van der Waals surface area contributed by atoms with E-state index in [0.717, 1.165) is 5.56 Å². The second-order valence-corrected chi connectivity index (χ2v) is 9.85. The van der Waals surface area contributed by atoms with Gasteiger partial charge in [-0.25, -0.2) is 8.42 Å². The molecule has 0 radical (unpaired) electrons. The number of hydrogen-bond acceptors (Lipinski definition) is 5. The third-order valence-electron chi connectivity index (χ3n) is 4.55. The van der Waals surface area contributed by atoms with Crippen molar-refractivity contribution in [2.45, 2.75) is 37.1 Å². The molecule has 0 heterocycles. The first-order valence-corrected chi connectivity index (χ1v) is 10.9. The summed E-state index contributed by atoms with van der Waals surface area (Å²) in [6.45, 7) is 6.41. The second-order valence-electron chi connectivity index (χ2n) is 7.74. The molecule has 0 spiro atoms. The lowest BCUT2D eigenvalue weighted by atomic mass is 9.86. The van der Waals surface area contributed by atoms with Crippen LogP contribution in [0.15, 0.2) is 53.4 Å². The first-order valence-electron chi connectivity index (χ1n) is 9.21. The lowest BCUT2D eigenvalue weighted by Gasteiger charge is -2.20. The Morgan fingerprint density at radius 2 is 1.69 bits per heavy atom. The monoisotopic (exact) mass is 414 g/mol. The molecule has 1 atom stereocenters. The van der Waals surface area contributed by atoms with Gasteiger partial charge in [-0.2, -0.15) is 5.26 Å². The van der Waals surface area contributed by atoms with E-state index >= 15 is 0 Å². The van der Waals surface area contributed by atoms with Crippen molar-refractivity contribution in [1.29, 1.82) is 5.26 Å². The Morgan fingerprint density at radius 1 is 1.10 bits per heavy atom. The molecular weight excluding hydrogens is 388 g/mol. The topological polar surface area (TPSA) is 96.3 Å². The number of hydrogen-bond donors (Lipinski definition) is 1. The molecule has 0 aliphatic carbocycles. The predicted molar refractivity (Wildman–Crippen MR) is 111 cm³/mol. The van der Waals surface area contributed by atoms with Gasteiger partial charge in [0.25, 0.3) is 5.91 Å². The minimum absolute atomic E-state index is 0.00471. The van der Waals surface area contributed by atoms with Crippen LogP contribution in [0.3, 0.4) is 0 Å². The van der Waals surface area contributed by atoms with E-state index in [1.165, 1.54) is 31.4 Å². The van der Waals surface area contributed by atoms with Gasteiger partial charge in [0.2, 0.25) is 0 Å². The van der Waals surface area contributed by atoms with Crippen LogP contribution in [0.2, 0.25) is 0 Å². The van der Waals surface area contributed by atoms with Gasteiger partial charge in [0.15, 0.2) is 9.84 Å². The number of nitrogens with one attached hydrogen (secondary N) is 1. The average molecular weight is 415 g/mol.